The molecule has 0 radical (unpaired) electrons. The summed E-state index contributed by atoms with van der Waals surface area (Å²) in [6.45, 7) is 6.16. The molecule has 1 N–H and O–H groups in total. The SMILES string of the molecule is CC(NC(=O)c1cc2ncccn2n1)c1nc2ccccc2n1C(C)C. The maximum atomic E-state index is 12.6. The first-order chi connectivity index (χ1) is 12.5. The molecule has 0 aliphatic carbocycles. The van der Waals surface area contributed by atoms with Gasteiger partial charge >= 0.3 is 0 Å². The minimum absolute atomic E-state index is 0.233. The maximum absolute atomic E-state index is 12.6. The van der Waals surface area contributed by atoms with Crippen LogP contribution >= 0.6 is 0 Å². The fourth-order valence-electron chi connectivity index (χ4n) is 3.19. The van der Waals surface area contributed by atoms with E-state index in [1.807, 2.05) is 31.2 Å². The molecule has 132 valence electrons. The quantitative estimate of drug-likeness (QED) is 0.614. The third-order valence-corrected chi connectivity index (χ3v) is 4.34. The van der Waals surface area contributed by atoms with E-state index in [1.54, 1.807) is 29.0 Å². The number of amides is 1. The number of carbonyl (C=O) groups excluding carboxylic acids is 1. The van der Waals surface area contributed by atoms with Gasteiger partial charge in [-0.15, -0.1) is 0 Å². The summed E-state index contributed by atoms with van der Waals surface area (Å²) >= 11 is 0. The number of carbonyl (C=O) groups is 1. The van der Waals surface area contributed by atoms with Gasteiger partial charge in [-0.3, -0.25) is 4.79 Å². The van der Waals surface area contributed by atoms with Crippen molar-refractivity contribution < 1.29 is 4.79 Å². The molecule has 1 aromatic carbocycles. The minimum atomic E-state index is -0.255. The van der Waals surface area contributed by atoms with E-state index in [0.717, 1.165) is 16.9 Å². The standard InChI is InChI=1S/C19H20N6O/c1-12(2)25-16-8-5-4-7-14(16)22-18(25)13(3)21-19(26)15-11-17-20-9-6-10-24(17)23-15/h4-13H,1-3H3,(H,21,26). The van der Waals surface area contributed by atoms with Crippen LogP contribution in [0.2, 0.25) is 0 Å². The van der Waals surface area contributed by atoms with Crippen LogP contribution in [0.15, 0.2) is 48.8 Å². The summed E-state index contributed by atoms with van der Waals surface area (Å²) in [7, 11) is 0. The van der Waals surface area contributed by atoms with E-state index < -0.39 is 0 Å². The average Bonchev–Trinajstić information content (AvgIpc) is 3.23. The molecule has 1 unspecified atom stereocenters. The molecule has 3 heterocycles. The van der Waals surface area contributed by atoms with E-state index in [0.29, 0.717) is 11.3 Å². The number of hydrogen-bond acceptors (Lipinski definition) is 4. The Kier molecular flexibility index (Phi) is 3.91. The Morgan fingerprint density at radius 1 is 1.15 bits per heavy atom. The van der Waals surface area contributed by atoms with E-state index in [2.05, 4.69) is 33.8 Å². The number of imidazole rings is 1. The summed E-state index contributed by atoms with van der Waals surface area (Å²) in [6, 6.07) is 11.4. The third kappa shape index (κ3) is 2.71. The zero-order valence-electron chi connectivity index (χ0n) is 14.9. The molecular formula is C19H20N6O. The van der Waals surface area contributed by atoms with Gasteiger partial charge < -0.3 is 9.88 Å². The smallest absolute Gasteiger partial charge is 0.272 e. The van der Waals surface area contributed by atoms with Crippen molar-refractivity contribution in [1.29, 1.82) is 0 Å². The van der Waals surface area contributed by atoms with Crippen molar-refractivity contribution in [2.24, 2.45) is 0 Å². The highest BCUT2D eigenvalue weighted by atomic mass is 16.2. The first-order valence-electron chi connectivity index (χ1n) is 8.62. The molecule has 1 amide bonds. The van der Waals surface area contributed by atoms with Crippen molar-refractivity contribution >= 4 is 22.6 Å². The Labute approximate surface area is 150 Å². The molecule has 0 fully saturated rings. The summed E-state index contributed by atoms with van der Waals surface area (Å²) < 4.78 is 3.74. The first-order valence-corrected chi connectivity index (χ1v) is 8.62. The van der Waals surface area contributed by atoms with Crippen molar-refractivity contribution in [3.05, 3.63) is 60.3 Å². The van der Waals surface area contributed by atoms with Crippen LogP contribution in [0.4, 0.5) is 0 Å². The monoisotopic (exact) mass is 348 g/mol. The van der Waals surface area contributed by atoms with Crippen LogP contribution in [0.5, 0.6) is 0 Å². The van der Waals surface area contributed by atoms with Gasteiger partial charge in [0.2, 0.25) is 0 Å². The number of nitrogens with zero attached hydrogens (tertiary/aromatic N) is 5. The lowest BCUT2D eigenvalue weighted by molar-refractivity contribution is 0.0932. The summed E-state index contributed by atoms with van der Waals surface area (Å²) in [4.78, 5) is 21.6. The first kappa shape index (κ1) is 16.3. The summed E-state index contributed by atoms with van der Waals surface area (Å²) in [5.41, 5.74) is 2.97. The molecule has 1 atom stereocenters. The predicted molar refractivity (Wildman–Crippen MR) is 99.0 cm³/mol. The van der Waals surface area contributed by atoms with E-state index in [1.165, 1.54) is 0 Å². The summed E-state index contributed by atoms with van der Waals surface area (Å²) in [5, 5.41) is 7.28. The number of nitrogens with one attached hydrogen (secondary N) is 1. The van der Waals surface area contributed by atoms with Crippen LogP contribution in [0.1, 0.15) is 49.2 Å². The molecule has 0 saturated heterocycles. The fourth-order valence-corrected chi connectivity index (χ4v) is 3.19. The molecule has 0 saturated carbocycles. The fraction of sp³-hybridized carbons (Fsp3) is 0.263. The van der Waals surface area contributed by atoms with Crippen LogP contribution in [0.3, 0.4) is 0 Å². The van der Waals surface area contributed by atoms with Crippen LogP contribution in [-0.2, 0) is 0 Å². The molecule has 7 nitrogen and oxygen atoms in total. The second-order valence-corrected chi connectivity index (χ2v) is 6.57. The maximum Gasteiger partial charge on any atom is 0.272 e. The number of fused-ring (bicyclic) bond motifs is 2. The van der Waals surface area contributed by atoms with Gasteiger partial charge in [0.15, 0.2) is 11.3 Å². The van der Waals surface area contributed by atoms with Crippen LogP contribution < -0.4 is 5.32 Å². The van der Waals surface area contributed by atoms with E-state index in [4.69, 9.17) is 4.98 Å². The van der Waals surface area contributed by atoms with Gasteiger partial charge in [0.25, 0.3) is 5.91 Å². The normalized spacial score (nSPS) is 12.8. The van der Waals surface area contributed by atoms with Crippen molar-refractivity contribution in [2.75, 3.05) is 0 Å². The molecule has 4 aromatic rings. The number of benzene rings is 1. The van der Waals surface area contributed by atoms with E-state index in [-0.39, 0.29) is 18.0 Å². The van der Waals surface area contributed by atoms with Gasteiger partial charge in [-0.2, -0.15) is 5.10 Å². The van der Waals surface area contributed by atoms with E-state index in [9.17, 15) is 4.79 Å². The third-order valence-electron chi connectivity index (χ3n) is 4.34. The number of para-hydroxylation sites is 2. The highest BCUT2D eigenvalue weighted by molar-refractivity contribution is 5.93. The van der Waals surface area contributed by atoms with Gasteiger partial charge in [-0.05, 0) is 39.0 Å². The lowest BCUT2D eigenvalue weighted by atomic mass is 10.2. The Morgan fingerprint density at radius 2 is 1.96 bits per heavy atom. The number of aromatic nitrogens is 5. The Bertz CT molecular complexity index is 1060. The molecule has 0 aliphatic heterocycles. The Morgan fingerprint density at radius 3 is 2.73 bits per heavy atom. The Balaban J connectivity index is 1.65. The van der Waals surface area contributed by atoms with Crippen molar-refractivity contribution in [2.45, 2.75) is 32.9 Å². The van der Waals surface area contributed by atoms with Gasteiger partial charge in [0.1, 0.15) is 5.82 Å². The molecule has 3 aromatic heterocycles. The number of rotatable bonds is 4. The summed E-state index contributed by atoms with van der Waals surface area (Å²) in [6.07, 6.45) is 3.44. The van der Waals surface area contributed by atoms with Gasteiger partial charge in [0, 0.05) is 24.5 Å². The molecule has 0 spiro atoms. The van der Waals surface area contributed by atoms with Crippen LogP contribution in [0, 0.1) is 0 Å². The molecule has 0 bridgehead atoms. The molecular weight excluding hydrogens is 328 g/mol. The van der Waals surface area contributed by atoms with Crippen LogP contribution in [0.25, 0.3) is 16.7 Å². The number of hydrogen-bond donors (Lipinski definition) is 1. The van der Waals surface area contributed by atoms with Crippen LogP contribution in [-0.4, -0.2) is 30.1 Å². The second-order valence-electron chi connectivity index (χ2n) is 6.57. The topological polar surface area (TPSA) is 77.1 Å². The molecule has 26 heavy (non-hydrogen) atoms. The molecule has 4 rings (SSSR count). The lowest BCUT2D eigenvalue weighted by Crippen LogP contribution is -2.29. The van der Waals surface area contributed by atoms with Crippen molar-refractivity contribution in [1.82, 2.24) is 29.5 Å². The second kappa shape index (κ2) is 6.25. The highest BCUT2D eigenvalue weighted by Gasteiger charge is 2.21. The van der Waals surface area contributed by atoms with Gasteiger partial charge in [0.05, 0.1) is 17.1 Å². The van der Waals surface area contributed by atoms with Gasteiger partial charge in [-0.25, -0.2) is 14.5 Å². The zero-order chi connectivity index (χ0) is 18.3. The zero-order valence-corrected chi connectivity index (χ0v) is 14.9. The largest absolute Gasteiger partial charge is 0.341 e. The molecule has 0 aliphatic rings. The van der Waals surface area contributed by atoms with Crippen molar-refractivity contribution in [3.8, 4) is 0 Å². The lowest BCUT2D eigenvalue weighted by Gasteiger charge is -2.18. The predicted octanol–water partition coefficient (Wildman–Crippen LogP) is 3.15. The molecule has 7 heteroatoms. The van der Waals surface area contributed by atoms with Crippen molar-refractivity contribution in [3.63, 3.8) is 0 Å². The highest BCUT2D eigenvalue weighted by Crippen LogP contribution is 2.25. The van der Waals surface area contributed by atoms with E-state index >= 15 is 0 Å². The minimum Gasteiger partial charge on any atom is -0.341 e. The van der Waals surface area contributed by atoms with Gasteiger partial charge in [-0.1, -0.05) is 12.1 Å². The Hall–Kier alpha value is -3.22. The average molecular weight is 348 g/mol. The summed E-state index contributed by atoms with van der Waals surface area (Å²) in [5.74, 6) is 0.585.